The van der Waals surface area contributed by atoms with Gasteiger partial charge in [0.05, 0.1) is 40.2 Å². The quantitative estimate of drug-likeness (QED) is 0.272. The van der Waals surface area contributed by atoms with Gasteiger partial charge < -0.3 is 24.6 Å². The van der Waals surface area contributed by atoms with Crippen LogP contribution in [0.3, 0.4) is 0 Å². The van der Waals surface area contributed by atoms with Crippen molar-refractivity contribution in [1.82, 2.24) is 0 Å². The topological polar surface area (TPSA) is 110 Å². The van der Waals surface area contributed by atoms with Gasteiger partial charge in [0.2, 0.25) is 5.84 Å². The maximum absolute atomic E-state index is 11.3. The Labute approximate surface area is 195 Å². The van der Waals surface area contributed by atoms with E-state index >= 15 is 0 Å². The van der Waals surface area contributed by atoms with Gasteiger partial charge in [-0.1, -0.05) is 58.3 Å². The number of rotatable bonds is 16. The van der Waals surface area contributed by atoms with Crippen molar-refractivity contribution in [1.29, 1.82) is 0 Å². The van der Waals surface area contributed by atoms with Gasteiger partial charge >= 0.3 is 5.97 Å². The molecule has 0 bridgehead atoms. The minimum absolute atomic E-state index is 0.0428. The summed E-state index contributed by atoms with van der Waals surface area (Å²) in [5.41, 5.74) is 0. The normalized spacial score (nSPS) is 19.1. The van der Waals surface area contributed by atoms with Crippen molar-refractivity contribution in [3.05, 3.63) is 0 Å². The zero-order chi connectivity index (χ0) is 24.6. The molecule has 0 fully saturated rings. The molecule has 32 heavy (non-hydrogen) atoms. The molecular weight excluding hydrogens is 410 g/mol. The number of hydrogen-bond donors (Lipinski definition) is 2. The molecule has 0 saturated heterocycles. The molecule has 1 aliphatic heterocycles. The molecular formula is C24H48N3O5+. The number of aliphatic carboxylic acids is 2. The van der Waals surface area contributed by atoms with E-state index in [2.05, 4.69) is 11.9 Å². The number of amidine groups is 1. The molecule has 2 atom stereocenters. The Morgan fingerprint density at radius 3 is 1.91 bits per heavy atom. The van der Waals surface area contributed by atoms with Gasteiger partial charge in [0.1, 0.15) is 19.2 Å². The van der Waals surface area contributed by atoms with Crippen LogP contribution < -0.4 is 5.11 Å². The van der Waals surface area contributed by atoms with Gasteiger partial charge in [-0.3, -0.25) is 4.48 Å². The van der Waals surface area contributed by atoms with E-state index in [1.807, 2.05) is 0 Å². The van der Waals surface area contributed by atoms with Gasteiger partial charge in [-0.2, -0.15) is 0 Å². The van der Waals surface area contributed by atoms with Crippen molar-refractivity contribution < 1.29 is 33.9 Å². The summed E-state index contributed by atoms with van der Waals surface area (Å²) in [7, 11) is 5.40. The molecule has 8 heteroatoms. The van der Waals surface area contributed by atoms with Gasteiger partial charge in [-0.25, -0.2) is 9.79 Å². The number of carbonyl (C=O) groups is 2. The van der Waals surface area contributed by atoms with Crippen LogP contribution in [0.1, 0.15) is 78.1 Å². The predicted octanol–water partition coefficient (Wildman–Crippen LogP) is 2.04. The highest BCUT2D eigenvalue weighted by molar-refractivity contribution is 5.83. The van der Waals surface area contributed by atoms with E-state index in [9.17, 15) is 24.9 Å². The average Bonchev–Trinajstić information content (AvgIpc) is 3.05. The van der Waals surface area contributed by atoms with E-state index in [0.717, 1.165) is 19.4 Å². The highest BCUT2D eigenvalue weighted by atomic mass is 16.4. The molecule has 0 aliphatic carbocycles. The smallest absolute Gasteiger partial charge is 0.359 e. The van der Waals surface area contributed by atoms with Crippen LogP contribution in [-0.2, 0) is 9.59 Å². The van der Waals surface area contributed by atoms with Crippen LogP contribution in [-0.4, -0.2) is 96.9 Å². The molecule has 2 unspecified atom stereocenters. The number of aliphatic hydroxyl groups is 1. The first-order chi connectivity index (χ1) is 14.9. The fraction of sp³-hybridized carbons (Fsp3) is 0.875. The second-order valence-corrected chi connectivity index (χ2v) is 10.1. The van der Waals surface area contributed by atoms with E-state index in [1.165, 1.54) is 51.4 Å². The summed E-state index contributed by atoms with van der Waals surface area (Å²) in [5.74, 6) is -1.15. The van der Waals surface area contributed by atoms with Crippen molar-refractivity contribution in [2.24, 2.45) is 4.99 Å². The molecule has 0 radical (unpaired) electrons. The summed E-state index contributed by atoms with van der Waals surface area (Å²) < 4.78 is 0.770. The lowest BCUT2D eigenvalue weighted by Gasteiger charge is -2.34. The van der Waals surface area contributed by atoms with Crippen molar-refractivity contribution >= 4 is 17.8 Å². The molecule has 0 aromatic rings. The number of nitrogens with zero attached hydrogens (tertiary/aromatic N) is 3. The van der Waals surface area contributed by atoms with Crippen LogP contribution in [0, 0.1) is 0 Å². The molecule has 0 aromatic heterocycles. The molecule has 8 nitrogen and oxygen atoms in total. The van der Waals surface area contributed by atoms with Gasteiger partial charge in [0.15, 0.2) is 6.54 Å². The average molecular weight is 459 g/mol. The number of hydrogen-bond acceptors (Lipinski definition) is 5. The zero-order valence-corrected chi connectivity index (χ0v) is 21.1. The van der Waals surface area contributed by atoms with Crippen LogP contribution in [0.2, 0.25) is 0 Å². The van der Waals surface area contributed by atoms with Crippen LogP contribution >= 0.6 is 0 Å². The molecule has 188 valence electrons. The lowest BCUT2D eigenvalue weighted by atomic mass is 10.1. The summed E-state index contributed by atoms with van der Waals surface area (Å²) in [5, 5.41) is 29.1. The van der Waals surface area contributed by atoms with Gasteiger partial charge in [0, 0.05) is 0 Å². The second kappa shape index (κ2) is 16.2. The highest BCUT2D eigenvalue weighted by Crippen LogP contribution is 2.20. The summed E-state index contributed by atoms with van der Waals surface area (Å²) in [6, 6.07) is 0. The lowest BCUT2D eigenvalue weighted by Crippen LogP contribution is -2.57. The standard InChI is InChI=1S/C19H36N2O3.C5H11NO2/c1-3-4-5-6-7-8-9-10-11-12-14-21(16-18(23)24)15-13-20-19(21)17(2)22;1-6(2,3)4-5(7)8/h17,22H,3-16H2,1-2H3;4H2,1-3H3/p+1. The number of quaternary nitrogens is 2. The highest BCUT2D eigenvalue weighted by Gasteiger charge is 2.42. The molecule has 1 rings (SSSR count). The van der Waals surface area contributed by atoms with Gasteiger partial charge in [0.25, 0.3) is 0 Å². The Bertz CT molecular complexity index is 572. The van der Waals surface area contributed by atoms with Crippen molar-refractivity contribution in [3.8, 4) is 0 Å². The zero-order valence-electron chi connectivity index (χ0n) is 21.1. The Balaban J connectivity index is 0.00000102. The fourth-order valence-electron chi connectivity index (χ4n) is 4.16. The van der Waals surface area contributed by atoms with E-state index in [4.69, 9.17) is 0 Å². The number of carboxylic acids is 2. The van der Waals surface area contributed by atoms with Gasteiger partial charge in [-0.15, -0.1) is 0 Å². The third-order valence-corrected chi connectivity index (χ3v) is 5.64. The number of carbonyl (C=O) groups excluding carboxylic acids is 1. The molecule has 2 N–H and O–H groups in total. The third kappa shape index (κ3) is 14.5. The summed E-state index contributed by atoms with van der Waals surface area (Å²) in [6.45, 7) is 6.17. The number of aliphatic imine (C=N–C) groups is 1. The minimum Gasteiger partial charge on any atom is -0.544 e. The van der Waals surface area contributed by atoms with Crippen LogP contribution in [0.4, 0.5) is 0 Å². The van der Waals surface area contributed by atoms with Crippen LogP contribution in [0.25, 0.3) is 0 Å². The summed E-state index contributed by atoms with van der Waals surface area (Å²) in [6.07, 6.45) is 12.0. The predicted molar refractivity (Wildman–Crippen MR) is 126 cm³/mol. The molecule has 0 aromatic carbocycles. The first-order valence-corrected chi connectivity index (χ1v) is 12.2. The van der Waals surface area contributed by atoms with Crippen LogP contribution in [0.15, 0.2) is 4.99 Å². The van der Waals surface area contributed by atoms with E-state index in [1.54, 1.807) is 28.1 Å². The monoisotopic (exact) mass is 458 g/mol. The summed E-state index contributed by atoms with van der Waals surface area (Å²) in [4.78, 5) is 25.5. The molecule has 0 saturated carbocycles. The van der Waals surface area contributed by atoms with E-state index in [-0.39, 0.29) is 13.1 Å². The van der Waals surface area contributed by atoms with E-state index in [0.29, 0.717) is 27.9 Å². The molecule has 1 aliphatic rings. The van der Waals surface area contributed by atoms with Crippen molar-refractivity contribution in [3.63, 3.8) is 0 Å². The van der Waals surface area contributed by atoms with Crippen molar-refractivity contribution in [2.45, 2.75) is 84.2 Å². The van der Waals surface area contributed by atoms with Crippen LogP contribution in [0.5, 0.6) is 0 Å². The fourth-order valence-corrected chi connectivity index (χ4v) is 4.16. The minimum atomic E-state index is -1.00. The maximum Gasteiger partial charge on any atom is 0.359 e. The van der Waals surface area contributed by atoms with Gasteiger partial charge in [-0.05, 0) is 19.8 Å². The lowest BCUT2D eigenvalue weighted by molar-refractivity contribution is -0.864. The number of aliphatic hydroxyl groups excluding tert-OH is 1. The largest absolute Gasteiger partial charge is 0.544 e. The number of unbranched alkanes of at least 4 members (excludes halogenated alkanes) is 9. The Morgan fingerprint density at radius 1 is 1.03 bits per heavy atom. The number of carboxylic acid groups (broad SMARTS) is 2. The molecule has 0 spiro atoms. The first kappa shape index (κ1) is 30.5. The number of likely N-dealkylation sites (N-methyl/N-ethyl adjacent to an activating group) is 1. The first-order valence-electron chi connectivity index (χ1n) is 12.2. The Kier molecular flexibility index (Phi) is 15.4. The summed E-state index contributed by atoms with van der Waals surface area (Å²) >= 11 is 0. The van der Waals surface area contributed by atoms with E-state index < -0.39 is 18.0 Å². The second-order valence-electron chi connectivity index (χ2n) is 10.1. The molecule has 1 heterocycles. The molecule has 0 amide bonds. The Morgan fingerprint density at radius 2 is 1.53 bits per heavy atom. The maximum atomic E-state index is 11.3. The third-order valence-electron chi connectivity index (χ3n) is 5.64. The Hall–Kier alpha value is -1.51. The van der Waals surface area contributed by atoms with Crippen molar-refractivity contribution in [2.75, 3.05) is 53.9 Å². The SMILES string of the molecule is CCCCCCCCCCCC[N+]1(CC(=O)O)CCN=C1C(C)O.C[N+](C)(C)CC(=O)[O-].